The average molecular weight is 315 g/mol. The number of nitrogens with zero attached hydrogens (tertiary/aromatic N) is 1. The summed E-state index contributed by atoms with van der Waals surface area (Å²) in [5, 5.41) is 2.91. The molecule has 0 spiro atoms. The summed E-state index contributed by atoms with van der Waals surface area (Å²) in [5.74, 6) is -0.239. The Morgan fingerprint density at radius 3 is 2.89 bits per heavy atom. The number of carbonyl (C=O) groups excluding carboxylic acids is 1. The van der Waals surface area contributed by atoms with Crippen molar-refractivity contribution in [2.75, 3.05) is 13.6 Å². The highest BCUT2D eigenvalue weighted by atomic mass is 79.9. The van der Waals surface area contributed by atoms with Crippen LogP contribution in [0.5, 0.6) is 0 Å². The minimum absolute atomic E-state index is 0.0116. The van der Waals surface area contributed by atoms with E-state index < -0.39 is 0 Å². The topological polar surface area (TPSA) is 32.3 Å². The highest BCUT2D eigenvalue weighted by molar-refractivity contribution is 9.10. The standard InChI is InChI=1S/C13H16BrFN2O/c1-17(8-13(18)16-11-4-5-11)7-9-2-3-10(14)6-12(9)15/h2-3,6,11H,4-5,7-8H2,1H3,(H,16,18). The zero-order valence-corrected chi connectivity index (χ0v) is 11.8. The minimum Gasteiger partial charge on any atom is -0.352 e. The minimum atomic E-state index is -0.251. The molecule has 1 aliphatic rings. The Morgan fingerprint density at radius 2 is 2.28 bits per heavy atom. The second-order valence-corrected chi connectivity index (χ2v) is 5.67. The van der Waals surface area contributed by atoms with Crippen LogP contribution in [-0.4, -0.2) is 30.4 Å². The van der Waals surface area contributed by atoms with E-state index in [2.05, 4.69) is 21.2 Å². The molecular weight excluding hydrogens is 299 g/mol. The summed E-state index contributed by atoms with van der Waals surface area (Å²) >= 11 is 3.22. The molecule has 0 radical (unpaired) electrons. The molecule has 2 rings (SSSR count). The summed E-state index contributed by atoms with van der Waals surface area (Å²) in [6.07, 6.45) is 2.16. The molecule has 0 aromatic heterocycles. The molecule has 1 amide bonds. The van der Waals surface area contributed by atoms with Crippen LogP contribution in [0.4, 0.5) is 4.39 Å². The van der Waals surface area contributed by atoms with E-state index in [1.165, 1.54) is 6.07 Å². The van der Waals surface area contributed by atoms with Gasteiger partial charge in [-0.3, -0.25) is 9.69 Å². The lowest BCUT2D eigenvalue weighted by Crippen LogP contribution is -2.36. The van der Waals surface area contributed by atoms with E-state index in [0.29, 0.717) is 24.7 Å². The zero-order chi connectivity index (χ0) is 13.1. The van der Waals surface area contributed by atoms with E-state index >= 15 is 0 Å². The number of amides is 1. The number of carbonyl (C=O) groups is 1. The highest BCUT2D eigenvalue weighted by Gasteiger charge is 2.23. The van der Waals surface area contributed by atoms with Gasteiger partial charge >= 0.3 is 0 Å². The van der Waals surface area contributed by atoms with Crippen LogP contribution in [0.15, 0.2) is 22.7 Å². The van der Waals surface area contributed by atoms with Gasteiger partial charge in [0.1, 0.15) is 5.82 Å². The van der Waals surface area contributed by atoms with Gasteiger partial charge in [-0.2, -0.15) is 0 Å². The van der Waals surface area contributed by atoms with E-state index in [1.54, 1.807) is 12.1 Å². The van der Waals surface area contributed by atoms with E-state index in [9.17, 15) is 9.18 Å². The molecule has 3 nitrogen and oxygen atoms in total. The van der Waals surface area contributed by atoms with Crippen molar-refractivity contribution in [1.82, 2.24) is 10.2 Å². The van der Waals surface area contributed by atoms with Gasteiger partial charge in [0.15, 0.2) is 0 Å². The van der Waals surface area contributed by atoms with Gasteiger partial charge in [0.05, 0.1) is 6.54 Å². The average Bonchev–Trinajstić information content (AvgIpc) is 3.05. The van der Waals surface area contributed by atoms with Crippen LogP contribution in [-0.2, 0) is 11.3 Å². The molecule has 98 valence electrons. The van der Waals surface area contributed by atoms with Crippen molar-refractivity contribution in [3.05, 3.63) is 34.1 Å². The fourth-order valence-electron chi connectivity index (χ4n) is 1.74. The maximum Gasteiger partial charge on any atom is 0.234 e. The molecular formula is C13H16BrFN2O. The van der Waals surface area contributed by atoms with Crippen molar-refractivity contribution in [3.63, 3.8) is 0 Å². The smallest absolute Gasteiger partial charge is 0.234 e. The molecule has 0 bridgehead atoms. The highest BCUT2D eigenvalue weighted by Crippen LogP contribution is 2.19. The monoisotopic (exact) mass is 314 g/mol. The second-order valence-electron chi connectivity index (χ2n) is 4.75. The Labute approximate surface area is 114 Å². The van der Waals surface area contributed by atoms with E-state index in [1.807, 2.05) is 11.9 Å². The van der Waals surface area contributed by atoms with Gasteiger partial charge in [-0.15, -0.1) is 0 Å². The molecule has 0 unspecified atom stereocenters. The van der Waals surface area contributed by atoms with Gasteiger partial charge < -0.3 is 5.32 Å². The van der Waals surface area contributed by atoms with Gasteiger partial charge in [0.25, 0.3) is 0 Å². The fraction of sp³-hybridized carbons (Fsp3) is 0.462. The van der Waals surface area contributed by atoms with Crippen LogP contribution in [0.25, 0.3) is 0 Å². The largest absolute Gasteiger partial charge is 0.352 e. The molecule has 0 aliphatic heterocycles. The van der Waals surface area contributed by atoms with Crippen LogP contribution in [0.2, 0.25) is 0 Å². The Bertz CT molecular complexity index is 449. The Hall–Kier alpha value is -0.940. The first kappa shape index (κ1) is 13.5. The quantitative estimate of drug-likeness (QED) is 0.904. The first-order valence-electron chi connectivity index (χ1n) is 5.96. The van der Waals surface area contributed by atoms with E-state index in [4.69, 9.17) is 0 Å². The van der Waals surface area contributed by atoms with Crippen molar-refractivity contribution >= 4 is 21.8 Å². The summed E-state index contributed by atoms with van der Waals surface area (Å²) in [5.41, 5.74) is 0.597. The van der Waals surface area contributed by atoms with Crippen LogP contribution >= 0.6 is 15.9 Å². The molecule has 18 heavy (non-hydrogen) atoms. The van der Waals surface area contributed by atoms with Gasteiger partial charge in [0, 0.05) is 22.6 Å². The molecule has 0 saturated heterocycles. The Balaban J connectivity index is 1.85. The van der Waals surface area contributed by atoms with Crippen molar-refractivity contribution in [2.24, 2.45) is 0 Å². The number of likely N-dealkylation sites (N-methyl/N-ethyl adjacent to an activating group) is 1. The lowest BCUT2D eigenvalue weighted by atomic mass is 10.2. The van der Waals surface area contributed by atoms with Crippen molar-refractivity contribution in [2.45, 2.75) is 25.4 Å². The van der Waals surface area contributed by atoms with Gasteiger partial charge in [0.2, 0.25) is 5.91 Å². The Kier molecular flexibility index (Phi) is 4.35. The first-order chi connectivity index (χ1) is 8.54. The zero-order valence-electron chi connectivity index (χ0n) is 10.2. The molecule has 1 aromatic rings. The summed E-state index contributed by atoms with van der Waals surface area (Å²) < 4.78 is 14.3. The van der Waals surface area contributed by atoms with Gasteiger partial charge in [-0.25, -0.2) is 4.39 Å². The van der Waals surface area contributed by atoms with Crippen LogP contribution in [0.1, 0.15) is 18.4 Å². The molecule has 0 atom stereocenters. The lowest BCUT2D eigenvalue weighted by Gasteiger charge is -2.16. The third-order valence-electron chi connectivity index (χ3n) is 2.81. The molecule has 1 aliphatic carbocycles. The number of benzene rings is 1. The molecule has 1 saturated carbocycles. The maximum absolute atomic E-state index is 13.6. The summed E-state index contributed by atoms with van der Waals surface area (Å²) in [4.78, 5) is 13.4. The SMILES string of the molecule is CN(CC(=O)NC1CC1)Cc1ccc(Br)cc1F. The van der Waals surface area contributed by atoms with Crippen molar-refractivity contribution in [3.8, 4) is 0 Å². The molecule has 0 heterocycles. The van der Waals surface area contributed by atoms with Gasteiger partial charge in [-0.1, -0.05) is 22.0 Å². The number of halogens is 2. The third kappa shape index (κ3) is 4.07. The van der Waals surface area contributed by atoms with E-state index in [0.717, 1.165) is 17.3 Å². The summed E-state index contributed by atoms with van der Waals surface area (Å²) in [7, 11) is 1.81. The van der Waals surface area contributed by atoms with E-state index in [-0.39, 0.29) is 11.7 Å². The normalized spacial score (nSPS) is 14.9. The van der Waals surface area contributed by atoms with Gasteiger partial charge in [-0.05, 0) is 32.0 Å². The van der Waals surface area contributed by atoms with Crippen molar-refractivity contribution in [1.29, 1.82) is 0 Å². The Morgan fingerprint density at radius 1 is 1.56 bits per heavy atom. The maximum atomic E-state index is 13.6. The number of rotatable bonds is 5. The summed E-state index contributed by atoms with van der Waals surface area (Å²) in [6.45, 7) is 0.725. The number of hydrogen-bond acceptors (Lipinski definition) is 2. The number of hydrogen-bond donors (Lipinski definition) is 1. The molecule has 1 N–H and O–H groups in total. The fourth-order valence-corrected chi connectivity index (χ4v) is 2.08. The lowest BCUT2D eigenvalue weighted by molar-refractivity contribution is -0.122. The first-order valence-corrected chi connectivity index (χ1v) is 6.76. The number of nitrogens with one attached hydrogen (secondary N) is 1. The second kappa shape index (κ2) is 5.80. The third-order valence-corrected chi connectivity index (χ3v) is 3.30. The summed E-state index contributed by atoms with van der Waals surface area (Å²) in [6, 6.07) is 5.34. The molecule has 1 aromatic carbocycles. The van der Waals surface area contributed by atoms with Crippen LogP contribution in [0, 0.1) is 5.82 Å². The van der Waals surface area contributed by atoms with Crippen LogP contribution < -0.4 is 5.32 Å². The molecule has 1 fully saturated rings. The molecule has 5 heteroatoms. The van der Waals surface area contributed by atoms with Crippen LogP contribution in [0.3, 0.4) is 0 Å². The predicted molar refractivity (Wildman–Crippen MR) is 71.6 cm³/mol. The van der Waals surface area contributed by atoms with Crippen molar-refractivity contribution < 1.29 is 9.18 Å². The predicted octanol–water partition coefficient (Wildman–Crippen LogP) is 2.30.